The molecule has 0 atom stereocenters. The van der Waals surface area contributed by atoms with Crippen molar-refractivity contribution < 1.29 is 0 Å². The van der Waals surface area contributed by atoms with Crippen molar-refractivity contribution in [2.24, 2.45) is 0 Å². The molecule has 0 saturated heterocycles. The van der Waals surface area contributed by atoms with Gasteiger partial charge in [0, 0.05) is 29.0 Å². The first-order valence-electron chi connectivity index (χ1n) is 7.98. The summed E-state index contributed by atoms with van der Waals surface area (Å²) in [4.78, 5) is 11.0. The first kappa shape index (κ1) is 14.9. The average Bonchev–Trinajstić information content (AvgIpc) is 3.00. The summed E-state index contributed by atoms with van der Waals surface area (Å²) in [6, 6.07) is 16.9. The molecular formula is C19H18N4S. The summed E-state index contributed by atoms with van der Waals surface area (Å²) in [7, 11) is 0. The smallest absolute Gasteiger partial charge is 0.138 e. The maximum Gasteiger partial charge on any atom is 0.138 e. The topological polar surface area (TPSA) is 49.8 Å². The van der Waals surface area contributed by atoms with E-state index in [0.29, 0.717) is 0 Å². The summed E-state index contributed by atoms with van der Waals surface area (Å²) in [5.74, 6) is 0.907. The summed E-state index contributed by atoms with van der Waals surface area (Å²) >= 11 is 1.70. The number of benzene rings is 2. The Kier molecular flexibility index (Phi) is 4.01. The van der Waals surface area contributed by atoms with E-state index >= 15 is 0 Å². The minimum Gasteiger partial charge on any atom is -0.383 e. The van der Waals surface area contributed by atoms with Gasteiger partial charge in [0.05, 0.1) is 5.39 Å². The largest absolute Gasteiger partial charge is 0.383 e. The Morgan fingerprint density at radius 3 is 2.71 bits per heavy atom. The number of hydrogen-bond donors (Lipinski definition) is 2. The van der Waals surface area contributed by atoms with Crippen molar-refractivity contribution in [3.63, 3.8) is 0 Å². The molecule has 2 heterocycles. The minimum absolute atomic E-state index is 0.796. The molecule has 0 amide bonds. The van der Waals surface area contributed by atoms with Gasteiger partial charge >= 0.3 is 0 Å². The van der Waals surface area contributed by atoms with Gasteiger partial charge in [0.1, 0.15) is 17.0 Å². The number of nitrogens with zero attached hydrogens (tertiary/aromatic N) is 2. The molecule has 2 aromatic carbocycles. The number of fused-ring (bicyclic) bond motifs is 2. The highest BCUT2D eigenvalue weighted by Gasteiger charge is 2.06. The summed E-state index contributed by atoms with van der Waals surface area (Å²) in [6.45, 7) is 3.71. The fourth-order valence-electron chi connectivity index (χ4n) is 2.87. The molecule has 0 fully saturated rings. The van der Waals surface area contributed by atoms with Crippen molar-refractivity contribution in [2.45, 2.75) is 6.92 Å². The molecule has 4 aromatic rings. The molecule has 2 N–H and O–H groups in total. The molecule has 0 bridgehead atoms. The lowest BCUT2D eigenvalue weighted by Gasteiger charge is -2.11. The Balaban J connectivity index is 1.44. The van der Waals surface area contributed by atoms with Crippen molar-refractivity contribution in [1.82, 2.24) is 9.97 Å². The second-order valence-corrected chi connectivity index (χ2v) is 6.91. The van der Waals surface area contributed by atoms with Crippen LogP contribution in [-0.4, -0.2) is 23.1 Å². The normalized spacial score (nSPS) is 11.0. The number of aryl methyl sites for hydroxylation is 1. The van der Waals surface area contributed by atoms with E-state index in [9.17, 15) is 0 Å². The van der Waals surface area contributed by atoms with E-state index < -0.39 is 0 Å². The molecule has 5 heteroatoms. The van der Waals surface area contributed by atoms with E-state index in [1.807, 2.05) is 0 Å². The first-order valence-corrected chi connectivity index (χ1v) is 8.79. The lowest BCUT2D eigenvalue weighted by molar-refractivity contribution is 1.06. The van der Waals surface area contributed by atoms with Gasteiger partial charge in [-0.3, -0.25) is 0 Å². The molecule has 0 spiro atoms. The van der Waals surface area contributed by atoms with Crippen molar-refractivity contribution in [3.05, 3.63) is 59.7 Å². The minimum atomic E-state index is 0.796. The quantitative estimate of drug-likeness (QED) is 0.520. The molecule has 24 heavy (non-hydrogen) atoms. The van der Waals surface area contributed by atoms with Gasteiger partial charge in [0.15, 0.2) is 0 Å². The zero-order valence-electron chi connectivity index (χ0n) is 13.4. The molecule has 2 aromatic heterocycles. The molecular weight excluding hydrogens is 316 g/mol. The van der Waals surface area contributed by atoms with Crippen LogP contribution in [0.2, 0.25) is 0 Å². The van der Waals surface area contributed by atoms with E-state index in [1.54, 1.807) is 17.7 Å². The molecule has 4 nitrogen and oxygen atoms in total. The maximum absolute atomic E-state index is 4.37. The summed E-state index contributed by atoms with van der Waals surface area (Å²) in [6.07, 6.45) is 1.62. The van der Waals surface area contributed by atoms with Gasteiger partial charge in [-0.2, -0.15) is 0 Å². The van der Waals surface area contributed by atoms with E-state index in [2.05, 4.69) is 76.1 Å². The molecule has 0 radical (unpaired) electrons. The van der Waals surface area contributed by atoms with Gasteiger partial charge in [-0.15, -0.1) is 11.3 Å². The van der Waals surface area contributed by atoms with Gasteiger partial charge in [-0.1, -0.05) is 36.4 Å². The van der Waals surface area contributed by atoms with Crippen molar-refractivity contribution in [2.75, 3.05) is 23.7 Å². The number of rotatable bonds is 5. The van der Waals surface area contributed by atoms with E-state index in [4.69, 9.17) is 0 Å². The second-order valence-electron chi connectivity index (χ2n) is 5.68. The first-order chi connectivity index (χ1) is 11.8. The SMILES string of the molecule is Cc1cc2c(NCCNc3cccc4ccccc34)ncnc2s1. The number of nitrogens with one attached hydrogen (secondary N) is 2. The van der Waals surface area contributed by atoms with Crippen molar-refractivity contribution in [3.8, 4) is 0 Å². The Hall–Kier alpha value is -2.66. The average molecular weight is 334 g/mol. The fraction of sp³-hybridized carbons (Fsp3) is 0.158. The summed E-state index contributed by atoms with van der Waals surface area (Å²) in [5, 5.41) is 10.5. The molecule has 4 rings (SSSR count). The van der Waals surface area contributed by atoms with E-state index in [-0.39, 0.29) is 0 Å². The van der Waals surface area contributed by atoms with Crippen LogP contribution in [0.15, 0.2) is 54.9 Å². The van der Waals surface area contributed by atoms with Gasteiger partial charge in [0.2, 0.25) is 0 Å². The van der Waals surface area contributed by atoms with Crippen LogP contribution in [0.25, 0.3) is 21.0 Å². The Bertz CT molecular complexity index is 988. The Morgan fingerprint density at radius 1 is 0.917 bits per heavy atom. The van der Waals surface area contributed by atoms with E-state index in [1.165, 1.54) is 15.6 Å². The molecule has 0 unspecified atom stereocenters. The van der Waals surface area contributed by atoms with Crippen molar-refractivity contribution >= 4 is 43.8 Å². The van der Waals surface area contributed by atoms with E-state index in [0.717, 1.165) is 34.8 Å². The summed E-state index contributed by atoms with van der Waals surface area (Å²) in [5.41, 5.74) is 1.16. The second kappa shape index (κ2) is 6.45. The number of aromatic nitrogens is 2. The van der Waals surface area contributed by atoms with Crippen LogP contribution in [0.5, 0.6) is 0 Å². The van der Waals surface area contributed by atoms with Crippen LogP contribution in [0.1, 0.15) is 4.88 Å². The van der Waals surface area contributed by atoms with Crippen LogP contribution >= 0.6 is 11.3 Å². The molecule has 120 valence electrons. The third kappa shape index (κ3) is 2.90. The highest BCUT2D eigenvalue weighted by Crippen LogP contribution is 2.27. The molecule has 0 aliphatic carbocycles. The van der Waals surface area contributed by atoms with Crippen LogP contribution in [0, 0.1) is 6.92 Å². The van der Waals surface area contributed by atoms with Gasteiger partial charge in [0.25, 0.3) is 0 Å². The lowest BCUT2D eigenvalue weighted by atomic mass is 10.1. The third-order valence-corrected chi connectivity index (χ3v) is 4.93. The number of thiophene rings is 1. The van der Waals surface area contributed by atoms with Gasteiger partial charge < -0.3 is 10.6 Å². The maximum atomic E-state index is 4.37. The predicted molar refractivity (Wildman–Crippen MR) is 103 cm³/mol. The fourth-order valence-corrected chi connectivity index (χ4v) is 3.72. The van der Waals surface area contributed by atoms with Crippen LogP contribution in [0.3, 0.4) is 0 Å². The lowest BCUT2D eigenvalue weighted by Crippen LogP contribution is -2.14. The molecule has 0 saturated carbocycles. The van der Waals surface area contributed by atoms with Gasteiger partial charge in [-0.05, 0) is 24.4 Å². The summed E-state index contributed by atoms with van der Waals surface area (Å²) < 4.78 is 0. The highest BCUT2D eigenvalue weighted by molar-refractivity contribution is 7.18. The van der Waals surface area contributed by atoms with Gasteiger partial charge in [-0.25, -0.2) is 9.97 Å². The highest BCUT2D eigenvalue weighted by atomic mass is 32.1. The Labute approximate surface area is 144 Å². The molecule has 0 aliphatic heterocycles. The van der Waals surface area contributed by atoms with Crippen LogP contribution < -0.4 is 10.6 Å². The van der Waals surface area contributed by atoms with Crippen LogP contribution in [-0.2, 0) is 0 Å². The zero-order valence-corrected chi connectivity index (χ0v) is 14.2. The predicted octanol–water partition coefficient (Wildman–Crippen LogP) is 4.68. The van der Waals surface area contributed by atoms with Crippen molar-refractivity contribution in [1.29, 1.82) is 0 Å². The zero-order chi connectivity index (χ0) is 16.4. The number of anilines is 2. The van der Waals surface area contributed by atoms with Crippen LogP contribution in [0.4, 0.5) is 11.5 Å². The Morgan fingerprint density at radius 2 is 1.75 bits per heavy atom. The molecule has 0 aliphatic rings. The third-order valence-electron chi connectivity index (χ3n) is 3.98. The standard InChI is InChI=1S/C19H18N4S/c1-13-11-16-18(22-12-23-19(16)24-13)21-10-9-20-17-8-4-6-14-5-2-3-7-15(14)17/h2-8,11-12,20H,9-10H2,1H3,(H,21,22,23). The monoisotopic (exact) mass is 334 g/mol. The number of hydrogen-bond acceptors (Lipinski definition) is 5.